The standard InChI is InChI=1S/C15H17N3O4/c1-8-9-4-5-18(13(9)17-7-16-8)14-12-11(10(6-19)20-14)21-15(2,3)22-12/h4-7,10-12,14H,1-3H3. The van der Waals surface area contributed by atoms with Crippen molar-refractivity contribution in [2.45, 2.75) is 51.1 Å². The number of aromatic nitrogens is 3. The quantitative estimate of drug-likeness (QED) is 0.780. The van der Waals surface area contributed by atoms with Crippen molar-refractivity contribution in [1.82, 2.24) is 14.5 Å². The minimum absolute atomic E-state index is 0.351. The fourth-order valence-corrected chi connectivity index (χ4v) is 3.24. The maximum atomic E-state index is 11.3. The van der Waals surface area contributed by atoms with E-state index >= 15 is 0 Å². The molecule has 22 heavy (non-hydrogen) atoms. The fraction of sp³-hybridized carbons (Fsp3) is 0.533. The zero-order valence-electron chi connectivity index (χ0n) is 12.6. The summed E-state index contributed by atoms with van der Waals surface area (Å²) in [5.41, 5.74) is 1.66. The molecule has 4 rings (SSSR count). The lowest BCUT2D eigenvalue weighted by atomic mass is 10.1. The molecule has 4 heterocycles. The minimum atomic E-state index is -0.730. The Bertz CT molecular complexity index is 741. The molecule has 0 amide bonds. The highest BCUT2D eigenvalue weighted by molar-refractivity contribution is 5.78. The third-order valence-electron chi connectivity index (χ3n) is 4.18. The zero-order chi connectivity index (χ0) is 15.5. The van der Waals surface area contributed by atoms with Crippen molar-refractivity contribution in [2.75, 3.05) is 0 Å². The molecule has 7 nitrogen and oxygen atoms in total. The summed E-state index contributed by atoms with van der Waals surface area (Å²) in [5.74, 6) is -0.730. The van der Waals surface area contributed by atoms with Gasteiger partial charge in [-0.15, -0.1) is 0 Å². The van der Waals surface area contributed by atoms with Crippen molar-refractivity contribution in [3.05, 3.63) is 24.3 Å². The Kier molecular flexibility index (Phi) is 2.87. The predicted octanol–water partition coefficient (Wildman–Crippen LogP) is 1.36. The molecular formula is C15H17N3O4. The van der Waals surface area contributed by atoms with Crippen LogP contribution in [0.4, 0.5) is 0 Å². The smallest absolute Gasteiger partial charge is 0.165 e. The number of carbonyl (C=O) groups excluding carboxylic acids is 1. The molecule has 0 N–H and O–H groups in total. The lowest BCUT2D eigenvalue weighted by Crippen LogP contribution is -2.30. The second kappa shape index (κ2) is 4.58. The molecule has 0 aromatic carbocycles. The second-order valence-corrected chi connectivity index (χ2v) is 6.11. The van der Waals surface area contributed by atoms with E-state index in [4.69, 9.17) is 14.2 Å². The predicted molar refractivity (Wildman–Crippen MR) is 76.1 cm³/mol. The zero-order valence-corrected chi connectivity index (χ0v) is 12.6. The maximum Gasteiger partial charge on any atom is 0.165 e. The Hall–Kier alpha value is -1.83. The van der Waals surface area contributed by atoms with Gasteiger partial charge < -0.3 is 23.6 Å². The number of nitrogens with zero attached hydrogens (tertiary/aromatic N) is 3. The Balaban J connectivity index is 1.78. The lowest BCUT2D eigenvalue weighted by molar-refractivity contribution is -0.194. The van der Waals surface area contributed by atoms with Crippen LogP contribution >= 0.6 is 0 Å². The summed E-state index contributed by atoms with van der Waals surface area (Å²) in [6.07, 6.45) is 2.33. The first-order valence-corrected chi connectivity index (χ1v) is 7.25. The van der Waals surface area contributed by atoms with Gasteiger partial charge in [0, 0.05) is 11.6 Å². The van der Waals surface area contributed by atoms with E-state index in [1.54, 1.807) is 0 Å². The molecule has 116 valence electrons. The van der Waals surface area contributed by atoms with Crippen LogP contribution in [0.2, 0.25) is 0 Å². The van der Waals surface area contributed by atoms with E-state index in [0.29, 0.717) is 0 Å². The fourth-order valence-electron chi connectivity index (χ4n) is 3.24. The molecule has 0 bridgehead atoms. The van der Waals surface area contributed by atoms with E-state index in [2.05, 4.69) is 9.97 Å². The second-order valence-electron chi connectivity index (χ2n) is 6.11. The van der Waals surface area contributed by atoms with Crippen LogP contribution in [0.25, 0.3) is 11.0 Å². The van der Waals surface area contributed by atoms with Crippen LogP contribution in [0.1, 0.15) is 25.8 Å². The summed E-state index contributed by atoms with van der Waals surface area (Å²) in [4.78, 5) is 19.8. The molecule has 7 heteroatoms. The summed E-state index contributed by atoms with van der Waals surface area (Å²) in [7, 11) is 0. The van der Waals surface area contributed by atoms with E-state index in [0.717, 1.165) is 23.0 Å². The number of aryl methyl sites for hydroxylation is 1. The molecule has 0 radical (unpaired) electrons. The number of hydrogen-bond acceptors (Lipinski definition) is 6. The SMILES string of the molecule is Cc1ncnc2c1ccn2C1OC(C=O)C2OC(C)(C)OC21. The molecule has 2 aromatic heterocycles. The van der Waals surface area contributed by atoms with E-state index in [1.165, 1.54) is 6.33 Å². The maximum absolute atomic E-state index is 11.3. The van der Waals surface area contributed by atoms with Crippen LogP contribution in [-0.4, -0.2) is 44.9 Å². The first-order chi connectivity index (χ1) is 10.5. The van der Waals surface area contributed by atoms with Crippen molar-refractivity contribution in [1.29, 1.82) is 0 Å². The van der Waals surface area contributed by atoms with Crippen LogP contribution < -0.4 is 0 Å². The summed E-state index contributed by atoms with van der Waals surface area (Å²) in [6, 6.07) is 1.94. The monoisotopic (exact) mass is 303 g/mol. The molecule has 0 saturated carbocycles. The number of hydrogen-bond donors (Lipinski definition) is 0. The van der Waals surface area contributed by atoms with Gasteiger partial charge in [0.05, 0.1) is 5.69 Å². The molecule has 2 saturated heterocycles. The number of rotatable bonds is 2. The molecule has 4 atom stereocenters. The van der Waals surface area contributed by atoms with E-state index in [-0.39, 0.29) is 6.10 Å². The van der Waals surface area contributed by atoms with Crippen molar-refractivity contribution in [2.24, 2.45) is 0 Å². The number of fused-ring (bicyclic) bond motifs is 2. The Labute approximate surface area is 127 Å². The molecular weight excluding hydrogens is 286 g/mol. The first-order valence-electron chi connectivity index (χ1n) is 7.25. The van der Waals surface area contributed by atoms with Gasteiger partial charge in [0.1, 0.15) is 30.3 Å². The molecule has 2 fully saturated rings. The molecule has 4 unspecified atom stereocenters. The van der Waals surface area contributed by atoms with Gasteiger partial charge in [-0.25, -0.2) is 9.97 Å². The van der Waals surface area contributed by atoms with Crippen LogP contribution in [-0.2, 0) is 19.0 Å². The third kappa shape index (κ3) is 1.89. The topological polar surface area (TPSA) is 75.5 Å². The minimum Gasteiger partial charge on any atom is -0.342 e. The average Bonchev–Trinajstić information content (AvgIpc) is 3.10. The van der Waals surface area contributed by atoms with Crippen LogP contribution in [0.15, 0.2) is 18.6 Å². The highest BCUT2D eigenvalue weighted by Crippen LogP contribution is 2.43. The van der Waals surface area contributed by atoms with E-state index in [1.807, 2.05) is 37.6 Å². The normalized spacial score (nSPS) is 33.2. The van der Waals surface area contributed by atoms with Gasteiger partial charge in [0.2, 0.25) is 0 Å². The molecule has 2 aliphatic heterocycles. The van der Waals surface area contributed by atoms with E-state index in [9.17, 15) is 4.79 Å². The molecule has 0 spiro atoms. The van der Waals surface area contributed by atoms with Crippen LogP contribution in [0.5, 0.6) is 0 Å². The van der Waals surface area contributed by atoms with Crippen molar-refractivity contribution in [3.8, 4) is 0 Å². The van der Waals surface area contributed by atoms with Crippen LogP contribution in [0.3, 0.4) is 0 Å². The third-order valence-corrected chi connectivity index (χ3v) is 4.18. The Morgan fingerprint density at radius 2 is 2.05 bits per heavy atom. The largest absolute Gasteiger partial charge is 0.342 e. The van der Waals surface area contributed by atoms with Gasteiger partial charge in [-0.05, 0) is 26.8 Å². The lowest BCUT2D eigenvalue weighted by Gasteiger charge is -2.23. The average molecular weight is 303 g/mol. The van der Waals surface area contributed by atoms with Gasteiger partial charge in [-0.1, -0.05) is 0 Å². The summed E-state index contributed by atoms with van der Waals surface area (Å²) >= 11 is 0. The summed E-state index contributed by atoms with van der Waals surface area (Å²) < 4.78 is 19.5. The van der Waals surface area contributed by atoms with Crippen molar-refractivity contribution < 1.29 is 19.0 Å². The Morgan fingerprint density at radius 1 is 1.27 bits per heavy atom. The highest BCUT2D eigenvalue weighted by atomic mass is 16.8. The Morgan fingerprint density at radius 3 is 2.82 bits per heavy atom. The number of carbonyl (C=O) groups is 1. The van der Waals surface area contributed by atoms with Gasteiger partial charge in [0.25, 0.3) is 0 Å². The highest BCUT2D eigenvalue weighted by Gasteiger charge is 2.56. The first kappa shape index (κ1) is 13.8. The van der Waals surface area contributed by atoms with Gasteiger partial charge >= 0.3 is 0 Å². The summed E-state index contributed by atoms with van der Waals surface area (Å²) in [6.45, 7) is 5.60. The van der Waals surface area contributed by atoms with Gasteiger partial charge in [0.15, 0.2) is 18.3 Å². The van der Waals surface area contributed by atoms with Gasteiger partial charge in [-0.2, -0.15) is 0 Å². The van der Waals surface area contributed by atoms with E-state index < -0.39 is 24.2 Å². The van der Waals surface area contributed by atoms with Crippen molar-refractivity contribution >= 4 is 17.3 Å². The number of aldehydes is 1. The molecule has 0 aliphatic carbocycles. The van der Waals surface area contributed by atoms with Crippen molar-refractivity contribution in [3.63, 3.8) is 0 Å². The summed E-state index contributed by atoms with van der Waals surface area (Å²) in [5, 5.41) is 0.954. The molecule has 2 aromatic rings. The molecule has 2 aliphatic rings. The van der Waals surface area contributed by atoms with Gasteiger partial charge in [-0.3, -0.25) is 0 Å². The van der Waals surface area contributed by atoms with Crippen LogP contribution in [0, 0.1) is 6.92 Å². The number of ether oxygens (including phenoxy) is 3.